The minimum atomic E-state index is -4.40. The van der Waals surface area contributed by atoms with E-state index in [1.807, 2.05) is 24.3 Å². The van der Waals surface area contributed by atoms with Gasteiger partial charge in [0.25, 0.3) is 0 Å². The van der Waals surface area contributed by atoms with Gasteiger partial charge in [-0.15, -0.1) is 0 Å². The summed E-state index contributed by atoms with van der Waals surface area (Å²) >= 11 is 0. The topological polar surface area (TPSA) is 73.9 Å². The zero-order chi connectivity index (χ0) is 20.6. The van der Waals surface area contributed by atoms with Crippen LogP contribution < -0.4 is 10.5 Å². The second-order valence-corrected chi connectivity index (χ2v) is 6.34. The number of nitrogen functional groups attached to an aromatic ring is 1. The Morgan fingerprint density at radius 2 is 1.52 bits per heavy atom. The molecule has 2 aromatic heterocycles. The average molecular weight is 396 g/mol. The van der Waals surface area contributed by atoms with Crippen molar-refractivity contribution in [2.75, 3.05) is 12.8 Å². The third-order valence-electron chi connectivity index (χ3n) is 4.39. The van der Waals surface area contributed by atoms with Gasteiger partial charge in [-0.25, -0.2) is 15.0 Å². The van der Waals surface area contributed by atoms with E-state index in [9.17, 15) is 13.2 Å². The molecule has 0 atom stereocenters. The Balaban J connectivity index is 1.76. The Bertz CT molecular complexity index is 1190. The largest absolute Gasteiger partial charge is 0.481 e. The lowest BCUT2D eigenvalue weighted by molar-refractivity contribution is -0.137. The van der Waals surface area contributed by atoms with Crippen LogP contribution in [0.3, 0.4) is 0 Å². The summed E-state index contributed by atoms with van der Waals surface area (Å²) in [6.45, 7) is 0. The summed E-state index contributed by atoms with van der Waals surface area (Å²) in [6, 6.07) is 15.4. The lowest BCUT2D eigenvalue weighted by atomic mass is 10.1. The van der Waals surface area contributed by atoms with Crippen molar-refractivity contribution in [1.82, 2.24) is 15.0 Å². The van der Waals surface area contributed by atoms with Crippen molar-refractivity contribution >= 4 is 16.7 Å². The first kappa shape index (κ1) is 18.7. The molecule has 0 aliphatic carbocycles. The highest BCUT2D eigenvalue weighted by Gasteiger charge is 2.30. The first-order chi connectivity index (χ1) is 13.8. The fraction of sp³-hybridized carbons (Fsp3) is 0.0952. The molecule has 0 saturated heterocycles. The summed E-state index contributed by atoms with van der Waals surface area (Å²) in [5, 5.41) is 0.918. The van der Waals surface area contributed by atoms with Gasteiger partial charge in [-0.05, 0) is 24.3 Å². The predicted molar refractivity (Wildman–Crippen MR) is 104 cm³/mol. The molecule has 146 valence electrons. The summed E-state index contributed by atoms with van der Waals surface area (Å²) in [5.74, 6) is 1.05. The highest BCUT2D eigenvalue weighted by atomic mass is 19.4. The molecule has 2 aromatic carbocycles. The van der Waals surface area contributed by atoms with E-state index >= 15 is 0 Å². The van der Waals surface area contributed by atoms with E-state index in [0.29, 0.717) is 34.0 Å². The lowest BCUT2D eigenvalue weighted by Gasteiger charge is -2.09. The van der Waals surface area contributed by atoms with Gasteiger partial charge < -0.3 is 10.5 Å². The first-order valence-corrected chi connectivity index (χ1v) is 8.61. The second-order valence-electron chi connectivity index (χ2n) is 6.34. The van der Waals surface area contributed by atoms with Gasteiger partial charge in [0, 0.05) is 28.6 Å². The van der Waals surface area contributed by atoms with Crippen molar-refractivity contribution < 1.29 is 17.9 Å². The van der Waals surface area contributed by atoms with Crippen LogP contribution in [0.15, 0.2) is 60.7 Å². The number of alkyl halides is 3. The summed E-state index contributed by atoms with van der Waals surface area (Å²) in [6.07, 6.45) is -4.40. The number of pyridine rings is 1. The molecule has 0 bridgehead atoms. The number of anilines is 1. The van der Waals surface area contributed by atoms with E-state index in [-0.39, 0.29) is 5.82 Å². The number of halogens is 3. The second kappa shape index (κ2) is 7.05. The van der Waals surface area contributed by atoms with Gasteiger partial charge in [-0.3, -0.25) is 0 Å². The number of fused-ring (bicyclic) bond motifs is 1. The number of ether oxygens (including phenoxy) is 1. The molecule has 4 rings (SSSR count). The number of aromatic nitrogens is 3. The van der Waals surface area contributed by atoms with E-state index in [4.69, 9.17) is 10.5 Å². The monoisotopic (exact) mass is 396 g/mol. The zero-order valence-corrected chi connectivity index (χ0v) is 15.2. The average Bonchev–Trinajstić information content (AvgIpc) is 2.72. The molecule has 8 heteroatoms. The van der Waals surface area contributed by atoms with Crippen LogP contribution in [0.2, 0.25) is 0 Å². The van der Waals surface area contributed by atoms with Gasteiger partial charge in [-0.1, -0.05) is 24.3 Å². The molecule has 5 nitrogen and oxygen atoms in total. The molecular formula is C21H15F3N4O. The molecule has 2 heterocycles. The molecule has 4 aromatic rings. The maximum Gasteiger partial charge on any atom is 0.416 e. The third-order valence-corrected chi connectivity index (χ3v) is 4.39. The van der Waals surface area contributed by atoms with Crippen molar-refractivity contribution in [3.05, 3.63) is 66.2 Å². The van der Waals surface area contributed by atoms with Gasteiger partial charge >= 0.3 is 6.18 Å². The smallest absolute Gasteiger partial charge is 0.416 e. The molecule has 0 unspecified atom stereocenters. The number of hydrogen-bond donors (Lipinski definition) is 1. The van der Waals surface area contributed by atoms with Crippen molar-refractivity contribution in [3.63, 3.8) is 0 Å². The van der Waals surface area contributed by atoms with Crippen LogP contribution in [0.1, 0.15) is 5.56 Å². The summed E-state index contributed by atoms with van der Waals surface area (Å²) < 4.78 is 43.5. The van der Waals surface area contributed by atoms with Crippen molar-refractivity contribution in [2.45, 2.75) is 6.18 Å². The van der Waals surface area contributed by atoms with Crippen LogP contribution in [-0.4, -0.2) is 22.1 Å². The Morgan fingerprint density at radius 1 is 0.828 bits per heavy atom. The zero-order valence-electron chi connectivity index (χ0n) is 15.2. The van der Waals surface area contributed by atoms with E-state index in [2.05, 4.69) is 15.0 Å². The first-order valence-electron chi connectivity index (χ1n) is 8.61. The van der Waals surface area contributed by atoms with Crippen LogP contribution >= 0.6 is 0 Å². The van der Waals surface area contributed by atoms with E-state index < -0.39 is 11.7 Å². The van der Waals surface area contributed by atoms with E-state index in [1.165, 1.54) is 25.3 Å². The number of methoxy groups -OCH3 is 1. The van der Waals surface area contributed by atoms with E-state index in [0.717, 1.165) is 17.5 Å². The molecule has 2 N–H and O–H groups in total. The Hall–Kier alpha value is -3.68. The molecule has 0 aliphatic heterocycles. The fourth-order valence-corrected chi connectivity index (χ4v) is 2.92. The quantitative estimate of drug-likeness (QED) is 0.529. The van der Waals surface area contributed by atoms with Gasteiger partial charge in [0.15, 0.2) is 5.82 Å². The van der Waals surface area contributed by atoms with Crippen LogP contribution in [0, 0.1) is 0 Å². The van der Waals surface area contributed by atoms with E-state index in [1.54, 1.807) is 6.07 Å². The fourth-order valence-electron chi connectivity index (χ4n) is 2.92. The van der Waals surface area contributed by atoms with Crippen LogP contribution in [0.4, 0.5) is 19.0 Å². The number of nitrogens with two attached hydrogens (primary N) is 1. The van der Waals surface area contributed by atoms with Crippen LogP contribution in [0.25, 0.3) is 33.5 Å². The van der Waals surface area contributed by atoms with Crippen molar-refractivity contribution in [2.24, 2.45) is 0 Å². The van der Waals surface area contributed by atoms with Gasteiger partial charge in [0.1, 0.15) is 5.82 Å². The summed E-state index contributed by atoms with van der Waals surface area (Å²) in [5.41, 5.74) is 7.52. The standard InChI is InChI=1S/C21H15F3N4O/c1-29-19-9-6-12-2-3-14(10-16(12)26-19)20-27-17(11-18(25)28-20)13-4-7-15(8-5-13)21(22,23)24/h2-11H,1H3,(H2,25,27,28). The molecule has 0 saturated carbocycles. The predicted octanol–water partition coefficient (Wildman–Crippen LogP) is 4.97. The van der Waals surface area contributed by atoms with Crippen LogP contribution in [-0.2, 0) is 6.18 Å². The number of benzene rings is 2. The molecule has 0 radical (unpaired) electrons. The summed E-state index contributed by atoms with van der Waals surface area (Å²) in [4.78, 5) is 13.1. The Labute approximate surface area is 164 Å². The maximum absolute atomic E-state index is 12.8. The highest BCUT2D eigenvalue weighted by molar-refractivity contribution is 5.84. The third kappa shape index (κ3) is 3.82. The van der Waals surface area contributed by atoms with Crippen molar-refractivity contribution in [3.8, 4) is 28.5 Å². The maximum atomic E-state index is 12.8. The Kier molecular flexibility index (Phi) is 4.54. The van der Waals surface area contributed by atoms with Crippen LogP contribution in [0.5, 0.6) is 5.88 Å². The highest BCUT2D eigenvalue weighted by Crippen LogP contribution is 2.31. The molecule has 0 aliphatic rings. The molecule has 0 spiro atoms. The number of nitrogens with zero attached hydrogens (tertiary/aromatic N) is 3. The molecule has 0 amide bonds. The van der Waals surface area contributed by atoms with Gasteiger partial charge in [0.05, 0.1) is 23.9 Å². The lowest BCUT2D eigenvalue weighted by Crippen LogP contribution is -2.04. The normalized spacial score (nSPS) is 11.6. The minimum Gasteiger partial charge on any atom is -0.481 e. The summed E-state index contributed by atoms with van der Waals surface area (Å²) in [7, 11) is 1.54. The molecular weight excluding hydrogens is 381 g/mol. The molecule has 29 heavy (non-hydrogen) atoms. The number of hydrogen-bond acceptors (Lipinski definition) is 5. The van der Waals surface area contributed by atoms with Gasteiger partial charge in [0.2, 0.25) is 5.88 Å². The molecule has 0 fully saturated rings. The SMILES string of the molecule is COc1ccc2ccc(-c3nc(N)cc(-c4ccc(C(F)(F)F)cc4)n3)cc2n1. The van der Waals surface area contributed by atoms with Gasteiger partial charge in [-0.2, -0.15) is 13.2 Å². The minimum absolute atomic E-state index is 0.212. The Morgan fingerprint density at radius 3 is 2.21 bits per heavy atom. The number of rotatable bonds is 3. The van der Waals surface area contributed by atoms with Crippen molar-refractivity contribution in [1.29, 1.82) is 0 Å².